The van der Waals surface area contributed by atoms with E-state index in [1.807, 2.05) is 0 Å². The third kappa shape index (κ3) is 4.55. The minimum absolute atomic E-state index is 0.00279. The summed E-state index contributed by atoms with van der Waals surface area (Å²) in [6.07, 6.45) is 12.8. The van der Waals surface area contributed by atoms with Crippen LogP contribution >= 0.6 is 0 Å². The summed E-state index contributed by atoms with van der Waals surface area (Å²) in [4.78, 5) is 0. The van der Waals surface area contributed by atoms with E-state index in [-0.39, 0.29) is 23.9 Å². The molecule has 43 heavy (non-hydrogen) atoms. The maximum absolute atomic E-state index is 3.99. The second kappa shape index (κ2) is 10.6. The molecule has 1 saturated heterocycles. The van der Waals surface area contributed by atoms with Crippen molar-refractivity contribution in [2.45, 2.75) is 57.0 Å². The van der Waals surface area contributed by atoms with Crippen molar-refractivity contribution in [1.82, 2.24) is 16.0 Å². The molecule has 3 nitrogen and oxygen atoms in total. The van der Waals surface area contributed by atoms with Crippen LogP contribution in [0.5, 0.6) is 0 Å². The number of benzene rings is 4. The van der Waals surface area contributed by atoms with Crippen LogP contribution < -0.4 is 16.0 Å². The SMILES string of the molecule is CC1(C)c2c(ccc3c2CCC=C3)C2=C(C3NC(c4ccccc4)NC(c4ccc(-c5ccccc5)cc4)N3)C=CCC21. The lowest BCUT2D eigenvalue weighted by Crippen LogP contribution is -2.59. The Morgan fingerprint density at radius 3 is 2.02 bits per heavy atom. The predicted molar refractivity (Wildman–Crippen MR) is 178 cm³/mol. The largest absolute Gasteiger partial charge is 0.279 e. The maximum Gasteiger partial charge on any atom is 0.0867 e. The third-order valence-corrected chi connectivity index (χ3v) is 10.1. The normalized spacial score (nSPS) is 25.3. The molecule has 4 aliphatic rings. The van der Waals surface area contributed by atoms with Crippen molar-refractivity contribution in [1.29, 1.82) is 0 Å². The summed E-state index contributed by atoms with van der Waals surface area (Å²) in [6, 6.07) is 35.2. The first kappa shape index (κ1) is 26.6. The second-order valence-corrected chi connectivity index (χ2v) is 13.0. The van der Waals surface area contributed by atoms with E-state index in [2.05, 4.69) is 151 Å². The van der Waals surface area contributed by atoms with Gasteiger partial charge in [0.1, 0.15) is 0 Å². The smallest absolute Gasteiger partial charge is 0.0867 e. The second-order valence-electron chi connectivity index (χ2n) is 13.0. The minimum atomic E-state index is -0.00860. The topological polar surface area (TPSA) is 36.1 Å². The quantitative estimate of drug-likeness (QED) is 0.234. The van der Waals surface area contributed by atoms with Gasteiger partial charge in [0.15, 0.2) is 0 Å². The summed E-state index contributed by atoms with van der Waals surface area (Å²) in [5, 5.41) is 11.8. The van der Waals surface area contributed by atoms with Crippen molar-refractivity contribution in [3.05, 3.63) is 154 Å². The van der Waals surface area contributed by atoms with Gasteiger partial charge >= 0.3 is 0 Å². The molecule has 0 bridgehead atoms. The summed E-state index contributed by atoms with van der Waals surface area (Å²) < 4.78 is 0. The van der Waals surface area contributed by atoms with Crippen LogP contribution in [-0.4, -0.2) is 6.17 Å². The van der Waals surface area contributed by atoms with Crippen molar-refractivity contribution >= 4 is 11.6 Å². The third-order valence-electron chi connectivity index (χ3n) is 10.1. The van der Waals surface area contributed by atoms with Gasteiger partial charge in [-0.25, -0.2) is 0 Å². The molecule has 0 aromatic heterocycles. The van der Waals surface area contributed by atoms with Gasteiger partial charge in [0.25, 0.3) is 0 Å². The van der Waals surface area contributed by atoms with E-state index in [9.17, 15) is 0 Å². The molecule has 3 heteroatoms. The molecule has 4 unspecified atom stereocenters. The van der Waals surface area contributed by atoms with Crippen molar-refractivity contribution in [2.24, 2.45) is 5.92 Å². The molecule has 3 N–H and O–H groups in total. The van der Waals surface area contributed by atoms with Crippen molar-refractivity contribution in [3.8, 4) is 11.1 Å². The monoisotopic (exact) mass is 561 g/mol. The summed E-state index contributed by atoms with van der Waals surface area (Å²) in [6.45, 7) is 4.96. The summed E-state index contributed by atoms with van der Waals surface area (Å²) in [5.41, 5.74) is 14.0. The first-order valence-electron chi connectivity index (χ1n) is 15.8. The first-order chi connectivity index (χ1) is 21.1. The van der Waals surface area contributed by atoms with Crippen LogP contribution in [0.25, 0.3) is 22.8 Å². The molecule has 0 spiro atoms. The fourth-order valence-corrected chi connectivity index (χ4v) is 8.01. The van der Waals surface area contributed by atoms with Crippen LogP contribution in [0.2, 0.25) is 0 Å². The molecule has 8 rings (SSSR count). The lowest BCUT2D eigenvalue weighted by atomic mass is 9.71. The number of allylic oxidation sites excluding steroid dienone is 3. The molecular weight excluding hydrogens is 522 g/mol. The van der Waals surface area contributed by atoms with E-state index in [4.69, 9.17) is 0 Å². The molecule has 1 fully saturated rings. The summed E-state index contributed by atoms with van der Waals surface area (Å²) in [7, 11) is 0. The molecular formula is C40H39N3. The molecule has 1 heterocycles. The van der Waals surface area contributed by atoms with E-state index in [1.165, 1.54) is 44.5 Å². The Balaban J connectivity index is 1.21. The van der Waals surface area contributed by atoms with Gasteiger partial charge in [0, 0.05) is 0 Å². The molecule has 0 amide bonds. The zero-order chi connectivity index (χ0) is 29.0. The number of hydrogen-bond donors (Lipinski definition) is 3. The van der Waals surface area contributed by atoms with Crippen LogP contribution in [0, 0.1) is 5.92 Å². The van der Waals surface area contributed by atoms with Crippen LogP contribution in [0.1, 0.15) is 72.4 Å². The first-order valence-corrected chi connectivity index (χ1v) is 15.8. The molecule has 1 aliphatic heterocycles. The Labute approximate surface area is 255 Å². The molecule has 0 saturated carbocycles. The summed E-state index contributed by atoms with van der Waals surface area (Å²) >= 11 is 0. The Kier molecular flexibility index (Phi) is 6.56. The molecule has 4 aromatic carbocycles. The lowest BCUT2D eigenvalue weighted by Gasteiger charge is -2.42. The highest BCUT2D eigenvalue weighted by Gasteiger charge is 2.47. The Morgan fingerprint density at radius 2 is 1.28 bits per heavy atom. The van der Waals surface area contributed by atoms with Crippen molar-refractivity contribution in [2.75, 3.05) is 0 Å². The van der Waals surface area contributed by atoms with Gasteiger partial charge < -0.3 is 0 Å². The van der Waals surface area contributed by atoms with Crippen LogP contribution in [0.3, 0.4) is 0 Å². The lowest BCUT2D eigenvalue weighted by molar-refractivity contribution is 0.223. The predicted octanol–water partition coefficient (Wildman–Crippen LogP) is 8.44. The minimum Gasteiger partial charge on any atom is -0.279 e. The highest BCUT2D eigenvalue weighted by molar-refractivity contribution is 5.85. The van der Waals surface area contributed by atoms with Crippen molar-refractivity contribution < 1.29 is 0 Å². The molecule has 3 aliphatic carbocycles. The van der Waals surface area contributed by atoms with Crippen LogP contribution in [0.15, 0.2) is 121 Å². The Morgan fingerprint density at radius 1 is 0.628 bits per heavy atom. The fourth-order valence-electron chi connectivity index (χ4n) is 8.01. The van der Waals surface area contributed by atoms with Gasteiger partial charge in [-0.1, -0.05) is 135 Å². The maximum atomic E-state index is 3.99. The molecule has 4 aromatic rings. The van der Waals surface area contributed by atoms with Crippen molar-refractivity contribution in [3.63, 3.8) is 0 Å². The average molecular weight is 562 g/mol. The number of nitrogens with one attached hydrogen (secondary N) is 3. The van der Waals surface area contributed by atoms with E-state index >= 15 is 0 Å². The number of fused-ring (bicyclic) bond motifs is 5. The van der Waals surface area contributed by atoms with Gasteiger partial charge in [-0.05, 0) is 86.2 Å². The standard InChI is InChI=1S/C40H39N3/c1-40(2)34-19-11-18-33(35(34)32-25-24-28-14-9-10-17-31(28)36(32)40)39-42-37(29-15-7-4-8-16-29)41-38(43-39)30-22-20-27(21-23-30)26-12-5-3-6-13-26/h3-9,11-16,18,20-25,34,37-39,41-43H,10,17,19H2,1-2H3. The number of hydrogen-bond acceptors (Lipinski definition) is 3. The highest BCUT2D eigenvalue weighted by atomic mass is 15.4. The van der Waals surface area contributed by atoms with E-state index < -0.39 is 0 Å². The zero-order valence-electron chi connectivity index (χ0n) is 25.0. The van der Waals surface area contributed by atoms with Gasteiger partial charge in [-0.3, -0.25) is 16.0 Å². The number of rotatable bonds is 4. The average Bonchev–Trinajstić information content (AvgIpc) is 3.32. The Bertz CT molecular complexity index is 1750. The van der Waals surface area contributed by atoms with E-state index in [1.54, 1.807) is 11.1 Å². The molecule has 214 valence electrons. The van der Waals surface area contributed by atoms with Gasteiger partial charge in [-0.2, -0.15) is 0 Å². The van der Waals surface area contributed by atoms with E-state index in [0.29, 0.717) is 5.92 Å². The highest BCUT2D eigenvalue weighted by Crippen LogP contribution is 2.56. The molecule has 0 radical (unpaired) electrons. The Hall–Kier alpha value is -4.02. The van der Waals surface area contributed by atoms with Gasteiger partial charge in [0.2, 0.25) is 0 Å². The fraction of sp³-hybridized carbons (Fsp3) is 0.250. The molecule has 4 atom stereocenters. The van der Waals surface area contributed by atoms with E-state index in [0.717, 1.165) is 19.3 Å². The zero-order valence-corrected chi connectivity index (χ0v) is 25.0. The summed E-state index contributed by atoms with van der Waals surface area (Å²) in [5.74, 6) is 0.470. The van der Waals surface area contributed by atoms with Gasteiger partial charge in [0.05, 0.1) is 18.5 Å². The van der Waals surface area contributed by atoms with Crippen LogP contribution in [-0.2, 0) is 11.8 Å². The van der Waals surface area contributed by atoms with Gasteiger partial charge in [-0.15, -0.1) is 0 Å². The van der Waals surface area contributed by atoms with Crippen LogP contribution in [0.4, 0.5) is 0 Å².